The Bertz CT molecular complexity index is 1130. The van der Waals surface area contributed by atoms with Crippen LogP contribution in [0.5, 0.6) is 17.2 Å². The van der Waals surface area contributed by atoms with Gasteiger partial charge in [-0.25, -0.2) is 0 Å². The molecule has 1 saturated heterocycles. The molecular weight excluding hydrogens is 430 g/mol. The standard InChI is InChI=1S/C25H28ClNO5/c1-16-10-20(11-17(2)24(16)26)32-23-15-31-22-12-19(6-7-21(22)25(23)29)30-14-18(28)13-27-8-4-3-5-9-27/h6-7,10-12,15,18,28H,3-5,8-9,13-14H2,1-2H3/p+1. The molecule has 1 unspecified atom stereocenters. The summed E-state index contributed by atoms with van der Waals surface area (Å²) in [6, 6.07) is 8.60. The first-order chi connectivity index (χ1) is 15.4. The van der Waals surface area contributed by atoms with Gasteiger partial charge in [0.25, 0.3) is 0 Å². The van der Waals surface area contributed by atoms with E-state index in [1.807, 2.05) is 13.8 Å². The van der Waals surface area contributed by atoms with Crippen LogP contribution >= 0.6 is 11.6 Å². The number of ether oxygens (including phenoxy) is 2. The Morgan fingerprint density at radius 1 is 1.09 bits per heavy atom. The predicted octanol–water partition coefficient (Wildman–Crippen LogP) is 3.66. The minimum Gasteiger partial charge on any atom is -0.491 e. The van der Waals surface area contributed by atoms with Gasteiger partial charge in [-0.05, 0) is 68.5 Å². The molecule has 4 rings (SSSR count). The summed E-state index contributed by atoms with van der Waals surface area (Å²) in [6.45, 7) is 6.88. The smallest absolute Gasteiger partial charge is 0.235 e. The number of hydrogen-bond donors (Lipinski definition) is 2. The molecule has 1 atom stereocenters. The number of fused-ring (bicyclic) bond motifs is 1. The van der Waals surface area contributed by atoms with Crippen molar-refractivity contribution in [1.82, 2.24) is 0 Å². The van der Waals surface area contributed by atoms with Gasteiger partial charge in [0, 0.05) is 11.1 Å². The van der Waals surface area contributed by atoms with E-state index in [1.165, 1.54) is 30.4 Å². The normalized spacial score (nSPS) is 15.6. The second kappa shape index (κ2) is 9.94. The summed E-state index contributed by atoms with van der Waals surface area (Å²) >= 11 is 6.21. The van der Waals surface area contributed by atoms with Gasteiger partial charge in [0.2, 0.25) is 11.2 Å². The largest absolute Gasteiger partial charge is 0.491 e. The molecule has 2 N–H and O–H groups in total. The molecule has 0 saturated carbocycles. The molecule has 32 heavy (non-hydrogen) atoms. The predicted molar refractivity (Wildman–Crippen MR) is 124 cm³/mol. The van der Waals surface area contributed by atoms with Gasteiger partial charge in [0.05, 0.1) is 18.5 Å². The van der Waals surface area contributed by atoms with Crippen LogP contribution in [0.3, 0.4) is 0 Å². The van der Waals surface area contributed by atoms with Gasteiger partial charge in [-0.3, -0.25) is 4.79 Å². The Hall–Kier alpha value is -2.54. The highest BCUT2D eigenvalue weighted by Crippen LogP contribution is 2.29. The third kappa shape index (κ3) is 5.26. The van der Waals surface area contributed by atoms with E-state index in [-0.39, 0.29) is 17.8 Å². The number of rotatable bonds is 7. The topological polar surface area (TPSA) is 73.3 Å². The molecule has 6 nitrogen and oxygen atoms in total. The van der Waals surface area contributed by atoms with Crippen molar-refractivity contribution in [3.63, 3.8) is 0 Å². The van der Waals surface area contributed by atoms with Crippen molar-refractivity contribution >= 4 is 22.6 Å². The zero-order valence-electron chi connectivity index (χ0n) is 18.4. The fourth-order valence-corrected chi connectivity index (χ4v) is 4.29. The summed E-state index contributed by atoms with van der Waals surface area (Å²) in [5, 5.41) is 11.4. The maximum Gasteiger partial charge on any atom is 0.235 e. The highest BCUT2D eigenvalue weighted by Gasteiger charge is 2.18. The van der Waals surface area contributed by atoms with Gasteiger partial charge in [-0.1, -0.05) is 11.6 Å². The number of halogens is 1. The molecular formula is C25H29ClNO5+. The number of aliphatic hydroxyl groups is 1. The summed E-state index contributed by atoms with van der Waals surface area (Å²) in [4.78, 5) is 14.3. The van der Waals surface area contributed by atoms with Gasteiger partial charge >= 0.3 is 0 Å². The zero-order chi connectivity index (χ0) is 22.7. The van der Waals surface area contributed by atoms with Crippen molar-refractivity contribution in [3.05, 3.63) is 63.0 Å². The highest BCUT2D eigenvalue weighted by atomic mass is 35.5. The van der Waals surface area contributed by atoms with Crippen LogP contribution in [0.15, 0.2) is 45.8 Å². The van der Waals surface area contributed by atoms with Crippen LogP contribution in [0.25, 0.3) is 11.0 Å². The number of benzene rings is 2. The van der Waals surface area contributed by atoms with Crippen molar-refractivity contribution < 1.29 is 23.9 Å². The molecule has 0 amide bonds. The molecule has 2 aromatic carbocycles. The molecule has 0 bridgehead atoms. The Labute approximate surface area is 192 Å². The minimum atomic E-state index is -0.534. The van der Waals surface area contributed by atoms with Gasteiger partial charge in [0.1, 0.15) is 42.6 Å². The van der Waals surface area contributed by atoms with E-state index >= 15 is 0 Å². The number of aliphatic hydroxyl groups excluding tert-OH is 1. The molecule has 170 valence electrons. The number of nitrogens with one attached hydrogen (secondary N) is 1. The Morgan fingerprint density at radius 2 is 1.81 bits per heavy atom. The van der Waals surface area contributed by atoms with Crippen LogP contribution in [0, 0.1) is 13.8 Å². The van der Waals surface area contributed by atoms with E-state index in [9.17, 15) is 9.90 Å². The van der Waals surface area contributed by atoms with Crippen LogP contribution in [0.2, 0.25) is 5.02 Å². The summed E-state index contributed by atoms with van der Waals surface area (Å²) in [6.07, 6.45) is 4.49. The first-order valence-electron chi connectivity index (χ1n) is 11.1. The SMILES string of the molecule is Cc1cc(Oc2coc3cc(OCC(O)C[NH+]4CCCCC4)ccc3c2=O)cc(C)c1Cl. The Balaban J connectivity index is 1.44. The second-order valence-electron chi connectivity index (χ2n) is 8.54. The first kappa shape index (κ1) is 22.6. The molecule has 0 spiro atoms. The molecule has 2 heterocycles. The molecule has 1 aliphatic rings. The van der Waals surface area contributed by atoms with Crippen molar-refractivity contribution in [2.45, 2.75) is 39.2 Å². The summed E-state index contributed by atoms with van der Waals surface area (Å²) < 4.78 is 17.2. The van der Waals surface area contributed by atoms with Crippen molar-refractivity contribution in [2.24, 2.45) is 0 Å². The van der Waals surface area contributed by atoms with Crippen molar-refractivity contribution in [1.29, 1.82) is 0 Å². The number of quaternary nitrogens is 1. The molecule has 1 fully saturated rings. The number of piperidine rings is 1. The van der Waals surface area contributed by atoms with E-state index in [4.69, 9.17) is 25.5 Å². The van der Waals surface area contributed by atoms with Crippen LogP contribution in [-0.4, -0.2) is 37.5 Å². The Morgan fingerprint density at radius 3 is 2.53 bits per heavy atom. The first-order valence-corrected chi connectivity index (χ1v) is 11.4. The monoisotopic (exact) mass is 458 g/mol. The summed E-state index contributed by atoms with van der Waals surface area (Å²) in [7, 11) is 0. The molecule has 1 aromatic heterocycles. The third-order valence-electron chi connectivity index (χ3n) is 5.88. The zero-order valence-corrected chi connectivity index (χ0v) is 19.2. The number of aryl methyl sites for hydroxylation is 2. The Kier molecular flexibility index (Phi) is 7.04. The average Bonchev–Trinajstić information content (AvgIpc) is 2.78. The lowest BCUT2D eigenvalue weighted by Gasteiger charge is -2.25. The van der Waals surface area contributed by atoms with Crippen molar-refractivity contribution in [3.8, 4) is 17.2 Å². The number of likely N-dealkylation sites (tertiary alicyclic amines) is 1. The minimum absolute atomic E-state index is 0.104. The lowest BCUT2D eigenvalue weighted by molar-refractivity contribution is -0.908. The third-order valence-corrected chi connectivity index (χ3v) is 6.48. The summed E-state index contributed by atoms with van der Waals surface area (Å²) in [5.74, 6) is 1.18. The quantitative estimate of drug-likeness (QED) is 0.565. The lowest BCUT2D eigenvalue weighted by atomic mass is 10.1. The second-order valence-corrected chi connectivity index (χ2v) is 8.92. The van der Waals surface area contributed by atoms with E-state index in [0.29, 0.717) is 34.0 Å². The average molecular weight is 459 g/mol. The maximum atomic E-state index is 12.9. The van der Waals surface area contributed by atoms with Gasteiger partial charge in [0.15, 0.2) is 0 Å². The van der Waals surface area contributed by atoms with Crippen LogP contribution < -0.4 is 19.8 Å². The molecule has 1 aliphatic heterocycles. The molecule has 0 radical (unpaired) electrons. The molecule has 3 aromatic rings. The number of hydrogen-bond acceptors (Lipinski definition) is 5. The van der Waals surface area contributed by atoms with Gasteiger partial charge in [-0.2, -0.15) is 0 Å². The summed E-state index contributed by atoms with van der Waals surface area (Å²) in [5.41, 5.74) is 1.88. The molecule has 7 heteroatoms. The van der Waals surface area contributed by atoms with Crippen LogP contribution in [-0.2, 0) is 0 Å². The van der Waals surface area contributed by atoms with E-state index in [1.54, 1.807) is 30.3 Å². The lowest BCUT2D eigenvalue weighted by Crippen LogP contribution is -3.14. The van der Waals surface area contributed by atoms with E-state index in [2.05, 4.69) is 0 Å². The fraction of sp³-hybridized carbons (Fsp3) is 0.400. The highest BCUT2D eigenvalue weighted by molar-refractivity contribution is 6.32. The van der Waals surface area contributed by atoms with Crippen LogP contribution in [0.1, 0.15) is 30.4 Å². The van der Waals surface area contributed by atoms with Crippen LogP contribution in [0.4, 0.5) is 0 Å². The van der Waals surface area contributed by atoms with E-state index in [0.717, 1.165) is 24.2 Å². The van der Waals surface area contributed by atoms with Gasteiger partial charge in [-0.15, -0.1) is 0 Å². The van der Waals surface area contributed by atoms with Crippen molar-refractivity contribution in [2.75, 3.05) is 26.2 Å². The molecule has 0 aliphatic carbocycles. The maximum absolute atomic E-state index is 12.9. The fourth-order valence-electron chi connectivity index (χ4n) is 4.18. The van der Waals surface area contributed by atoms with Gasteiger partial charge < -0.3 is 23.9 Å². The van der Waals surface area contributed by atoms with E-state index < -0.39 is 6.10 Å².